The van der Waals surface area contributed by atoms with Crippen molar-refractivity contribution in [2.24, 2.45) is 0 Å². The predicted molar refractivity (Wildman–Crippen MR) is 163 cm³/mol. The normalized spacial score (nSPS) is 18.2. The fourth-order valence-electron chi connectivity index (χ4n) is 5.56. The zero-order valence-corrected chi connectivity index (χ0v) is 23.8. The Hall–Kier alpha value is -4.22. The standard InChI is InChI=1S/C30H37N9O2/c1-4-38-28-26(17-32-38)29(39-24-13-14-25(39)19-41-18-24)36-27(35-28)20-5-7-22(8-6-20)33-30(40)34-23-11-9-21(10-12-23)31-15-16-37(2)3/h5-12,17,24-25,31H,4,13-16,18-19H2,1-3H3,(H2,33,34,40). The van der Waals surface area contributed by atoms with Crippen molar-refractivity contribution >= 4 is 39.9 Å². The molecule has 4 heterocycles. The highest BCUT2D eigenvalue weighted by Gasteiger charge is 2.39. The molecule has 3 N–H and O–H groups in total. The van der Waals surface area contributed by atoms with Gasteiger partial charge in [-0.3, -0.25) is 0 Å². The molecule has 0 radical (unpaired) electrons. The quantitative estimate of drug-likeness (QED) is 0.277. The molecule has 2 aromatic heterocycles. The van der Waals surface area contributed by atoms with E-state index in [0.29, 0.717) is 23.6 Å². The van der Waals surface area contributed by atoms with Gasteiger partial charge in [-0.25, -0.2) is 19.4 Å². The third-order valence-electron chi connectivity index (χ3n) is 7.69. The molecule has 2 fully saturated rings. The van der Waals surface area contributed by atoms with Crippen molar-refractivity contribution < 1.29 is 9.53 Å². The molecule has 0 spiro atoms. The first kappa shape index (κ1) is 27.0. The molecule has 2 atom stereocenters. The van der Waals surface area contributed by atoms with Crippen LogP contribution < -0.4 is 20.9 Å². The number of amides is 2. The van der Waals surface area contributed by atoms with Crippen molar-refractivity contribution in [1.82, 2.24) is 24.6 Å². The number of hydrogen-bond acceptors (Lipinski definition) is 8. The molecule has 41 heavy (non-hydrogen) atoms. The SMILES string of the molecule is CCn1ncc2c(N3C4CCC3COC4)nc(-c3ccc(NC(=O)Nc4ccc(NCCN(C)C)cc4)cc3)nc21. The predicted octanol–water partition coefficient (Wildman–Crippen LogP) is 4.50. The van der Waals surface area contributed by atoms with E-state index < -0.39 is 0 Å². The third-order valence-corrected chi connectivity index (χ3v) is 7.69. The van der Waals surface area contributed by atoms with Crippen LogP contribution in [0.2, 0.25) is 0 Å². The second kappa shape index (κ2) is 11.7. The maximum atomic E-state index is 12.6. The number of carbonyl (C=O) groups is 1. The number of anilines is 4. The molecule has 2 amide bonds. The molecule has 2 unspecified atom stereocenters. The molecule has 2 aliphatic rings. The topological polar surface area (TPSA) is 112 Å². The van der Waals surface area contributed by atoms with Crippen LogP contribution in [0.3, 0.4) is 0 Å². The highest BCUT2D eigenvalue weighted by molar-refractivity contribution is 6.00. The first-order chi connectivity index (χ1) is 20.0. The maximum absolute atomic E-state index is 12.6. The number of ether oxygens (including phenoxy) is 1. The van der Waals surface area contributed by atoms with Gasteiger partial charge in [0.25, 0.3) is 0 Å². The summed E-state index contributed by atoms with van der Waals surface area (Å²) < 4.78 is 7.74. The van der Waals surface area contributed by atoms with Crippen LogP contribution in [-0.2, 0) is 11.3 Å². The average Bonchev–Trinajstić information content (AvgIpc) is 3.50. The molecule has 2 aromatic carbocycles. The second-order valence-electron chi connectivity index (χ2n) is 10.9. The zero-order chi connectivity index (χ0) is 28.3. The van der Waals surface area contributed by atoms with Crippen molar-refractivity contribution in [1.29, 1.82) is 0 Å². The molecule has 6 rings (SSSR count). The molecule has 2 aliphatic heterocycles. The Balaban J connectivity index is 1.16. The van der Waals surface area contributed by atoms with E-state index in [1.807, 2.05) is 73.5 Å². The smallest absolute Gasteiger partial charge is 0.323 e. The van der Waals surface area contributed by atoms with Crippen molar-refractivity contribution in [2.45, 2.75) is 38.4 Å². The van der Waals surface area contributed by atoms with Gasteiger partial charge in [0.1, 0.15) is 5.82 Å². The number of nitrogens with one attached hydrogen (secondary N) is 3. The number of aryl methyl sites for hydroxylation is 1. The molecule has 2 bridgehead atoms. The number of likely N-dealkylation sites (N-methyl/N-ethyl adjacent to an activating group) is 1. The van der Waals surface area contributed by atoms with E-state index in [2.05, 4.69) is 37.8 Å². The molecule has 4 aromatic rings. The lowest BCUT2D eigenvalue weighted by atomic mass is 10.1. The lowest BCUT2D eigenvalue weighted by Crippen LogP contribution is -2.46. The van der Waals surface area contributed by atoms with Crippen LogP contribution >= 0.6 is 0 Å². The average molecular weight is 556 g/mol. The zero-order valence-electron chi connectivity index (χ0n) is 23.8. The molecule has 2 saturated heterocycles. The minimum absolute atomic E-state index is 0.305. The van der Waals surface area contributed by atoms with Crippen LogP contribution in [0.15, 0.2) is 54.7 Å². The highest BCUT2D eigenvalue weighted by atomic mass is 16.5. The maximum Gasteiger partial charge on any atom is 0.323 e. The summed E-state index contributed by atoms with van der Waals surface area (Å²) >= 11 is 0. The summed E-state index contributed by atoms with van der Waals surface area (Å²) in [6, 6.07) is 15.6. The van der Waals surface area contributed by atoms with E-state index >= 15 is 0 Å². The monoisotopic (exact) mass is 555 g/mol. The van der Waals surface area contributed by atoms with Crippen LogP contribution in [0, 0.1) is 0 Å². The van der Waals surface area contributed by atoms with Crippen LogP contribution in [0.5, 0.6) is 0 Å². The van der Waals surface area contributed by atoms with Gasteiger partial charge in [0.05, 0.1) is 36.9 Å². The van der Waals surface area contributed by atoms with Gasteiger partial charge >= 0.3 is 6.03 Å². The third kappa shape index (κ3) is 5.82. The molecular weight excluding hydrogens is 518 g/mol. The Morgan fingerprint density at radius 2 is 1.59 bits per heavy atom. The van der Waals surface area contributed by atoms with Gasteiger partial charge in [-0.2, -0.15) is 5.10 Å². The van der Waals surface area contributed by atoms with Gasteiger partial charge in [0.15, 0.2) is 11.5 Å². The number of carbonyl (C=O) groups excluding carboxylic acids is 1. The number of rotatable bonds is 9. The van der Waals surface area contributed by atoms with Crippen molar-refractivity contribution in [2.75, 3.05) is 61.2 Å². The number of urea groups is 1. The first-order valence-corrected chi connectivity index (χ1v) is 14.2. The first-order valence-electron chi connectivity index (χ1n) is 14.2. The van der Waals surface area contributed by atoms with Crippen LogP contribution in [-0.4, -0.2) is 83.2 Å². The van der Waals surface area contributed by atoms with Gasteiger partial charge in [-0.05, 0) is 82.4 Å². The Morgan fingerprint density at radius 1 is 0.951 bits per heavy atom. The number of aromatic nitrogens is 4. The molecular formula is C30H37N9O2. The van der Waals surface area contributed by atoms with Gasteiger partial charge in [-0.15, -0.1) is 0 Å². The summed E-state index contributed by atoms with van der Waals surface area (Å²) in [7, 11) is 4.09. The summed E-state index contributed by atoms with van der Waals surface area (Å²) in [5.41, 5.74) is 4.12. The van der Waals surface area contributed by atoms with Gasteiger partial charge < -0.3 is 30.5 Å². The number of nitrogens with zero attached hydrogens (tertiary/aromatic N) is 6. The van der Waals surface area contributed by atoms with E-state index in [0.717, 1.165) is 79.5 Å². The van der Waals surface area contributed by atoms with Crippen molar-refractivity contribution in [3.8, 4) is 11.4 Å². The van der Waals surface area contributed by atoms with Crippen LogP contribution in [0.1, 0.15) is 19.8 Å². The lowest BCUT2D eigenvalue weighted by molar-refractivity contribution is 0.0904. The number of benzene rings is 2. The number of fused-ring (bicyclic) bond motifs is 3. The summed E-state index contributed by atoms with van der Waals surface area (Å²) in [6.45, 7) is 6.03. The largest absolute Gasteiger partial charge is 0.384 e. The Bertz CT molecular complexity index is 1490. The highest BCUT2D eigenvalue weighted by Crippen LogP contribution is 2.37. The molecule has 0 saturated carbocycles. The fraction of sp³-hybridized carbons (Fsp3) is 0.400. The van der Waals surface area contributed by atoms with E-state index in [1.54, 1.807) is 0 Å². The second-order valence-corrected chi connectivity index (χ2v) is 10.9. The Morgan fingerprint density at radius 3 is 2.22 bits per heavy atom. The minimum atomic E-state index is -0.305. The molecule has 11 nitrogen and oxygen atoms in total. The van der Waals surface area contributed by atoms with Crippen LogP contribution in [0.4, 0.5) is 27.7 Å². The Labute approximate surface area is 239 Å². The van der Waals surface area contributed by atoms with Gasteiger partial charge in [0, 0.05) is 42.3 Å². The van der Waals surface area contributed by atoms with Crippen molar-refractivity contribution in [3.63, 3.8) is 0 Å². The van der Waals surface area contributed by atoms with E-state index in [4.69, 9.17) is 14.7 Å². The number of hydrogen-bond donors (Lipinski definition) is 3. The molecule has 214 valence electrons. The van der Waals surface area contributed by atoms with Crippen molar-refractivity contribution in [3.05, 3.63) is 54.7 Å². The minimum Gasteiger partial charge on any atom is -0.384 e. The summed E-state index contributed by atoms with van der Waals surface area (Å²) in [5, 5.41) is 14.7. The van der Waals surface area contributed by atoms with Gasteiger partial charge in [-0.1, -0.05) is 0 Å². The lowest BCUT2D eigenvalue weighted by Gasteiger charge is -2.36. The van der Waals surface area contributed by atoms with Gasteiger partial charge in [0.2, 0.25) is 0 Å². The number of morpholine rings is 1. The molecule has 0 aliphatic carbocycles. The Kier molecular flexibility index (Phi) is 7.71. The van der Waals surface area contributed by atoms with E-state index in [9.17, 15) is 4.79 Å². The summed E-state index contributed by atoms with van der Waals surface area (Å²) in [6.07, 6.45) is 4.09. The van der Waals surface area contributed by atoms with E-state index in [-0.39, 0.29) is 6.03 Å². The molecule has 11 heteroatoms. The van der Waals surface area contributed by atoms with E-state index in [1.165, 1.54) is 0 Å². The van der Waals surface area contributed by atoms with Crippen LogP contribution in [0.25, 0.3) is 22.4 Å². The fourth-order valence-corrected chi connectivity index (χ4v) is 5.56. The summed E-state index contributed by atoms with van der Waals surface area (Å²) in [5.74, 6) is 1.57. The summed E-state index contributed by atoms with van der Waals surface area (Å²) in [4.78, 5) is 27.2.